The number of fused-ring (bicyclic) bond motifs is 1. The molecular weight excluding hydrogens is 265 g/mol. The average Bonchev–Trinajstić information content (AvgIpc) is 2.94. The third-order valence-corrected chi connectivity index (χ3v) is 3.79. The highest BCUT2D eigenvalue weighted by Gasteiger charge is 2.12. The fraction of sp³-hybridized carbons (Fsp3) is 0.250. The third kappa shape index (κ3) is 2.41. The van der Waals surface area contributed by atoms with Gasteiger partial charge in [0.2, 0.25) is 5.95 Å². The number of aromatic nitrogens is 4. The number of nitrogens with one attached hydrogen (secondary N) is 1. The number of thiazole rings is 1. The summed E-state index contributed by atoms with van der Waals surface area (Å²) in [5.74, 6) is 0.124. The van der Waals surface area contributed by atoms with Gasteiger partial charge in [0.15, 0.2) is 5.65 Å². The monoisotopic (exact) mass is 277 g/mol. The maximum absolute atomic E-state index is 13.1. The van der Waals surface area contributed by atoms with Crippen LogP contribution in [0.4, 0.5) is 10.3 Å². The van der Waals surface area contributed by atoms with E-state index in [0.717, 1.165) is 10.7 Å². The van der Waals surface area contributed by atoms with Crippen molar-refractivity contribution >= 4 is 22.9 Å². The predicted octanol–water partition coefficient (Wildman–Crippen LogP) is 2.81. The summed E-state index contributed by atoms with van der Waals surface area (Å²) in [5, 5.41) is 10.3. The predicted molar refractivity (Wildman–Crippen MR) is 71.8 cm³/mol. The Morgan fingerprint density at radius 2 is 2.21 bits per heavy atom. The Morgan fingerprint density at radius 1 is 1.37 bits per heavy atom. The van der Waals surface area contributed by atoms with Gasteiger partial charge in [-0.1, -0.05) is 0 Å². The Labute approximate surface area is 113 Å². The van der Waals surface area contributed by atoms with E-state index in [-0.39, 0.29) is 11.9 Å². The van der Waals surface area contributed by atoms with Crippen molar-refractivity contribution in [3.63, 3.8) is 0 Å². The number of halogens is 1. The van der Waals surface area contributed by atoms with Gasteiger partial charge in [0.25, 0.3) is 0 Å². The van der Waals surface area contributed by atoms with E-state index in [1.807, 2.05) is 19.2 Å². The van der Waals surface area contributed by atoms with Crippen LogP contribution in [0, 0.1) is 12.7 Å². The van der Waals surface area contributed by atoms with Gasteiger partial charge in [-0.2, -0.15) is 4.98 Å². The molecule has 0 spiro atoms. The first-order chi connectivity index (χ1) is 9.11. The highest BCUT2D eigenvalue weighted by Crippen LogP contribution is 2.21. The molecule has 0 saturated heterocycles. The van der Waals surface area contributed by atoms with Crippen molar-refractivity contribution in [1.82, 2.24) is 19.6 Å². The van der Waals surface area contributed by atoms with Gasteiger partial charge in [-0.05, 0) is 26.0 Å². The molecule has 3 aromatic rings. The minimum absolute atomic E-state index is 0.0148. The molecule has 0 aliphatic heterocycles. The molecule has 0 aliphatic rings. The molecule has 0 bridgehead atoms. The minimum Gasteiger partial charge on any atom is -0.344 e. The molecule has 98 valence electrons. The zero-order chi connectivity index (χ0) is 13.4. The molecule has 0 aliphatic carbocycles. The van der Waals surface area contributed by atoms with Crippen LogP contribution < -0.4 is 5.32 Å². The first kappa shape index (κ1) is 12.0. The number of nitrogens with zero attached hydrogens (tertiary/aromatic N) is 4. The summed E-state index contributed by atoms with van der Waals surface area (Å²) in [6, 6.07) is 2.97. The molecular formula is C12H12FN5S. The molecule has 0 amide bonds. The first-order valence-electron chi connectivity index (χ1n) is 5.82. The average molecular weight is 277 g/mol. The molecule has 1 atom stereocenters. The highest BCUT2D eigenvalue weighted by atomic mass is 32.1. The topological polar surface area (TPSA) is 55.1 Å². The molecule has 3 rings (SSSR count). The summed E-state index contributed by atoms with van der Waals surface area (Å²) < 4.78 is 14.5. The van der Waals surface area contributed by atoms with E-state index < -0.39 is 0 Å². The van der Waals surface area contributed by atoms with Gasteiger partial charge in [-0.25, -0.2) is 13.9 Å². The molecule has 1 N–H and O–H groups in total. The van der Waals surface area contributed by atoms with Crippen LogP contribution in [0.3, 0.4) is 0 Å². The fourth-order valence-electron chi connectivity index (χ4n) is 1.75. The van der Waals surface area contributed by atoms with Crippen LogP contribution in [0.25, 0.3) is 5.65 Å². The zero-order valence-corrected chi connectivity index (χ0v) is 11.3. The van der Waals surface area contributed by atoms with Crippen LogP contribution in [0.15, 0.2) is 23.7 Å². The van der Waals surface area contributed by atoms with E-state index in [1.165, 1.54) is 16.8 Å². The van der Waals surface area contributed by atoms with Crippen LogP contribution in [-0.4, -0.2) is 19.6 Å². The largest absolute Gasteiger partial charge is 0.344 e. The van der Waals surface area contributed by atoms with Gasteiger partial charge in [-0.15, -0.1) is 16.4 Å². The van der Waals surface area contributed by atoms with Crippen LogP contribution in [0.1, 0.15) is 23.7 Å². The van der Waals surface area contributed by atoms with E-state index >= 15 is 0 Å². The molecule has 3 aromatic heterocycles. The molecule has 5 nitrogen and oxygen atoms in total. The van der Waals surface area contributed by atoms with Crippen molar-refractivity contribution in [3.05, 3.63) is 40.2 Å². The second-order valence-corrected chi connectivity index (χ2v) is 5.17. The Morgan fingerprint density at radius 3 is 2.95 bits per heavy atom. The first-order valence-corrected chi connectivity index (χ1v) is 6.70. The van der Waals surface area contributed by atoms with Crippen molar-refractivity contribution in [2.45, 2.75) is 19.9 Å². The van der Waals surface area contributed by atoms with E-state index in [9.17, 15) is 4.39 Å². The van der Waals surface area contributed by atoms with Gasteiger partial charge in [0.05, 0.1) is 12.2 Å². The van der Waals surface area contributed by atoms with Gasteiger partial charge >= 0.3 is 0 Å². The van der Waals surface area contributed by atoms with E-state index in [0.29, 0.717) is 11.6 Å². The normalized spacial score (nSPS) is 12.8. The molecule has 3 heterocycles. The smallest absolute Gasteiger partial charge is 0.243 e. The lowest BCUT2D eigenvalue weighted by Gasteiger charge is -2.08. The van der Waals surface area contributed by atoms with Gasteiger partial charge in [0.1, 0.15) is 10.8 Å². The number of hydrogen-bond acceptors (Lipinski definition) is 5. The van der Waals surface area contributed by atoms with E-state index in [4.69, 9.17) is 0 Å². The molecule has 7 heteroatoms. The summed E-state index contributed by atoms with van der Waals surface area (Å²) in [5.41, 5.74) is 1.60. The van der Waals surface area contributed by atoms with Gasteiger partial charge < -0.3 is 5.32 Å². The Bertz CT molecular complexity index is 720. The zero-order valence-electron chi connectivity index (χ0n) is 10.5. The number of rotatable bonds is 3. The lowest BCUT2D eigenvalue weighted by Crippen LogP contribution is -2.07. The SMILES string of the molecule is Cc1csc(C(C)Nc2nc3ccc(F)cn3n2)n1. The van der Waals surface area contributed by atoms with Crippen LogP contribution in [0.2, 0.25) is 0 Å². The van der Waals surface area contributed by atoms with Crippen molar-refractivity contribution in [2.24, 2.45) is 0 Å². The molecule has 19 heavy (non-hydrogen) atoms. The maximum atomic E-state index is 13.1. The van der Waals surface area contributed by atoms with Crippen molar-refractivity contribution in [1.29, 1.82) is 0 Å². The molecule has 0 aromatic carbocycles. The molecule has 1 unspecified atom stereocenters. The molecule has 0 saturated carbocycles. The summed E-state index contributed by atoms with van der Waals surface area (Å²) in [7, 11) is 0. The summed E-state index contributed by atoms with van der Waals surface area (Å²) >= 11 is 1.59. The minimum atomic E-state index is -0.340. The number of anilines is 1. The van der Waals surface area contributed by atoms with Crippen molar-refractivity contribution in [3.8, 4) is 0 Å². The molecule has 0 radical (unpaired) electrons. The summed E-state index contributed by atoms with van der Waals surface area (Å²) in [4.78, 5) is 8.69. The second-order valence-electron chi connectivity index (χ2n) is 4.28. The van der Waals surface area contributed by atoms with Crippen molar-refractivity contribution in [2.75, 3.05) is 5.32 Å². The van der Waals surface area contributed by atoms with Crippen LogP contribution >= 0.6 is 11.3 Å². The lowest BCUT2D eigenvalue weighted by molar-refractivity contribution is 0.614. The Balaban J connectivity index is 1.85. The van der Waals surface area contributed by atoms with Crippen molar-refractivity contribution < 1.29 is 4.39 Å². The molecule has 0 fully saturated rings. The second kappa shape index (κ2) is 4.58. The van der Waals surface area contributed by atoms with Crippen LogP contribution in [-0.2, 0) is 0 Å². The summed E-state index contributed by atoms with van der Waals surface area (Å²) in [6.07, 6.45) is 1.30. The number of pyridine rings is 1. The quantitative estimate of drug-likeness (QED) is 0.800. The highest BCUT2D eigenvalue weighted by molar-refractivity contribution is 7.09. The van der Waals surface area contributed by atoms with E-state index in [2.05, 4.69) is 20.4 Å². The third-order valence-electron chi connectivity index (χ3n) is 2.65. The number of hydrogen-bond donors (Lipinski definition) is 1. The standard InChI is InChI=1S/C12H12FN5S/c1-7-6-19-11(14-7)8(2)15-12-16-10-4-3-9(13)5-18(10)17-12/h3-6,8H,1-2H3,(H,15,17). The summed E-state index contributed by atoms with van der Waals surface area (Å²) in [6.45, 7) is 3.95. The van der Waals surface area contributed by atoms with Gasteiger partial charge in [0, 0.05) is 11.1 Å². The fourth-order valence-corrected chi connectivity index (χ4v) is 2.55. The van der Waals surface area contributed by atoms with E-state index in [1.54, 1.807) is 17.4 Å². The number of aryl methyl sites for hydroxylation is 1. The Hall–Kier alpha value is -2.02. The maximum Gasteiger partial charge on any atom is 0.243 e. The Kier molecular flexibility index (Phi) is 2.90. The lowest BCUT2D eigenvalue weighted by atomic mass is 10.3. The van der Waals surface area contributed by atoms with Crippen LogP contribution in [0.5, 0.6) is 0 Å². The van der Waals surface area contributed by atoms with Gasteiger partial charge in [-0.3, -0.25) is 0 Å².